The lowest BCUT2D eigenvalue weighted by atomic mass is 10.2. The fourth-order valence-electron chi connectivity index (χ4n) is 2.34. The number of ketones is 1. The fraction of sp³-hybridized carbons (Fsp3) is 0.562. The number of nitrogens with one attached hydrogen (secondary N) is 1. The molecule has 1 aromatic rings. The van der Waals surface area contributed by atoms with Gasteiger partial charge in [0.1, 0.15) is 10.0 Å². The number of pyridine rings is 1. The van der Waals surface area contributed by atoms with Crippen LogP contribution in [0.3, 0.4) is 0 Å². The van der Waals surface area contributed by atoms with E-state index in [2.05, 4.69) is 15.2 Å². The van der Waals surface area contributed by atoms with Gasteiger partial charge in [-0.1, -0.05) is 24.0 Å². The number of ether oxygens (including phenoxy) is 1. The summed E-state index contributed by atoms with van der Waals surface area (Å²) < 4.78 is 6.06. The Bertz CT molecular complexity index is 564. The second-order valence-corrected chi connectivity index (χ2v) is 7.34. The van der Waals surface area contributed by atoms with Crippen molar-refractivity contribution < 1.29 is 9.53 Å². The molecule has 1 aromatic heterocycles. The zero-order chi connectivity index (χ0) is 18.1. The first-order chi connectivity index (χ1) is 12.1. The number of carbonyl (C=O) groups is 1. The van der Waals surface area contributed by atoms with Crippen molar-refractivity contribution in [3.63, 3.8) is 0 Å². The number of anilines is 1. The maximum Gasteiger partial charge on any atom is 0.178 e. The Labute approximate surface area is 158 Å². The van der Waals surface area contributed by atoms with Crippen molar-refractivity contribution in [1.82, 2.24) is 15.2 Å². The molecule has 0 aliphatic carbocycles. The van der Waals surface area contributed by atoms with E-state index in [-0.39, 0.29) is 5.78 Å². The third-order valence-corrected chi connectivity index (χ3v) is 5.11. The topological polar surface area (TPSA) is 83.7 Å². The number of thiocarbonyl (C=S) groups is 1. The molecule has 0 radical (unpaired) electrons. The zero-order valence-electron chi connectivity index (χ0n) is 14.4. The summed E-state index contributed by atoms with van der Waals surface area (Å²) in [5.41, 5.74) is 1.18. The van der Waals surface area contributed by atoms with Crippen LogP contribution in [0.25, 0.3) is 0 Å². The van der Waals surface area contributed by atoms with E-state index in [4.69, 9.17) is 22.8 Å². The van der Waals surface area contributed by atoms with Crippen LogP contribution in [0.2, 0.25) is 0 Å². The number of hydrogen-bond acceptors (Lipinski definition) is 8. The van der Waals surface area contributed by atoms with Gasteiger partial charge in [-0.2, -0.15) is 0 Å². The average Bonchev–Trinajstić information content (AvgIpc) is 2.64. The molecule has 7 nitrogen and oxygen atoms in total. The van der Waals surface area contributed by atoms with E-state index in [0.717, 1.165) is 55.8 Å². The van der Waals surface area contributed by atoms with Gasteiger partial charge in [0.2, 0.25) is 0 Å². The Morgan fingerprint density at radius 1 is 1.48 bits per heavy atom. The molecule has 1 fully saturated rings. The molecule has 0 amide bonds. The van der Waals surface area contributed by atoms with Crippen LogP contribution < -0.4 is 16.2 Å². The second-order valence-electron chi connectivity index (χ2n) is 5.72. The molecule has 25 heavy (non-hydrogen) atoms. The van der Waals surface area contributed by atoms with E-state index in [0.29, 0.717) is 11.6 Å². The number of rotatable bonds is 8. The van der Waals surface area contributed by atoms with Gasteiger partial charge in [-0.05, 0) is 25.1 Å². The Morgan fingerprint density at radius 2 is 2.24 bits per heavy atom. The highest BCUT2D eigenvalue weighted by Gasteiger charge is 2.10. The van der Waals surface area contributed by atoms with E-state index in [9.17, 15) is 4.79 Å². The molecular formula is C16H25N5O2S2. The van der Waals surface area contributed by atoms with E-state index in [1.54, 1.807) is 23.3 Å². The molecule has 1 aliphatic rings. The summed E-state index contributed by atoms with van der Waals surface area (Å²) in [4.78, 5) is 17.7. The summed E-state index contributed by atoms with van der Waals surface area (Å²) in [7, 11) is 0. The highest BCUT2D eigenvalue weighted by atomic mass is 32.2. The van der Waals surface area contributed by atoms with Crippen molar-refractivity contribution in [1.29, 1.82) is 0 Å². The number of nitrogens with two attached hydrogens (primary N) is 1. The Morgan fingerprint density at radius 3 is 2.88 bits per heavy atom. The standard InChI is InChI=1S/C16H25N5O2S2/c1-13(22)15-4-3-14(11-19-15)21(17)12-25-16(24)18-5-2-6-20-7-9-23-10-8-20/h3-4,11H,2,5-10,12,17H2,1H3,(H,18,24). The number of Topliss-reactive ketones (excluding diaryl/α,β-unsaturated/α-hetero) is 1. The molecule has 2 heterocycles. The molecular weight excluding hydrogens is 358 g/mol. The van der Waals surface area contributed by atoms with Gasteiger partial charge in [0.15, 0.2) is 5.78 Å². The van der Waals surface area contributed by atoms with Crippen molar-refractivity contribution >= 4 is 39.8 Å². The molecule has 0 unspecified atom stereocenters. The fourth-order valence-corrected chi connectivity index (χ4v) is 3.21. The number of nitrogens with zero attached hydrogens (tertiary/aromatic N) is 3. The Balaban J connectivity index is 1.61. The van der Waals surface area contributed by atoms with Gasteiger partial charge in [0.25, 0.3) is 0 Å². The van der Waals surface area contributed by atoms with Crippen LogP contribution in [0.1, 0.15) is 23.8 Å². The summed E-state index contributed by atoms with van der Waals surface area (Å²) >= 11 is 6.79. The van der Waals surface area contributed by atoms with Gasteiger partial charge in [-0.3, -0.25) is 19.7 Å². The second kappa shape index (κ2) is 10.7. The minimum Gasteiger partial charge on any atom is -0.379 e. The first kappa shape index (κ1) is 20.1. The van der Waals surface area contributed by atoms with Gasteiger partial charge in [0, 0.05) is 26.6 Å². The predicted molar refractivity (Wildman–Crippen MR) is 106 cm³/mol. The monoisotopic (exact) mass is 383 g/mol. The lowest BCUT2D eigenvalue weighted by Crippen LogP contribution is -2.38. The molecule has 0 bridgehead atoms. The van der Waals surface area contributed by atoms with Crippen molar-refractivity contribution in [2.24, 2.45) is 5.84 Å². The van der Waals surface area contributed by atoms with E-state index >= 15 is 0 Å². The molecule has 9 heteroatoms. The number of thioether (sulfide) groups is 1. The number of hydrazine groups is 1. The number of morpholine rings is 1. The first-order valence-electron chi connectivity index (χ1n) is 8.26. The van der Waals surface area contributed by atoms with Crippen LogP contribution in [0, 0.1) is 0 Å². The molecule has 1 saturated heterocycles. The lowest BCUT2D eigenvalue weighted by Gasteiger charge is -2.26. The average molecular weight is 384 g/mol. The Kier molecular flexibility index (Phi) is 8.56. The van der Waals surface area contributed by atoms with Gasteiger partial charge in [-0.15, -0.1) is 0 Å². The largest absolute Gasteiger partial charge is 0.379 e. The van der Waals surface area contributed by atoms with Crippen LogP contribution in [0.15, 0.2) is 18.3 Å². The van der Waals surface area contributed by atoms with Crippen molar-refractivity contribution in [2.45, 2.75) is 13.3 Å². The van der Waals surface area contributed by atoms with Gasteiger partial charge < -0.3 is 10.1 Å². The maximum absolute atomic E-state index is 11.2. The maximum atomic E-state index is 11.2. The quantitative estimate of drug-likeness (QED) is 0.172. The molecule has 0 spiro atoms. The van der Waals surface area contributed by atoms with Gasteiger partial charge in [0.05, 0.1) is 31.0 Å². The van der Waals surface area contributed by atoms with Gasteiger partial charge in [-0.25, -0.2) is 5.84 Å². The number of carbonyl (C=O) groups excluding carboxylic acids is 1. The van der Waals surface area contributed by atoms with E-state index < -0.39 is 0 Å². The molecule has 2 rings (SSSR count). The first-order valence-corrected chi connectivity index (χ1v) is 9.65. The van der Waals surface area contributed by atoms with Crippen LogP contribution >= 0.6 is 24.0 Å². The molecule has 3 N–H and O–H groups in total. The highest BCUT2D eigenvalue weighted by Crippen LogP contribution is 2.14. The van der Waals surface area contributed by atoms with Crippen LogP contribution in [0.5, 0.6) is 0 Å². The van der Waals surface area contributed by atoms with Crippen molar-refractivity contribution in [2.75, 3.05) is 50.3 Å². The van der Waals surface area contributed by atoms with Gasteiger partial charge >= 0.3 is 0 Å². The molecule has 138 valence electrons. The predicted octanol–water partition coefficient (Wildman–Crippen LogP) is 1.25. The third kappa shape index (κ3) is 7.25. The summed E-state index contributed by atoms with van der Waals surface area (Å²) in [6.45, 7) is 7.08. The summed E-state index contributed by atoms with van der Waals surface area (Å²) in [5.74, 6) is 6.45. The van der Waals surface area contributed by atoms with Crippen molar-refractivity contribution in [3.05, 3.63) is 24.0 Å². The van der Waals surface area contributed by atoms with Crippen molar-refractivity contribution in [3.8, 4) is 0 Å². The van der Waals surface area contributed by atoms with E-state index in [1.165, 1.54) is 18.7 Å². The van der Waals surface area contributed by atoms with Crippen LogP contribution in [0.4, 0.5) is 5.69 Å². The Hall–Kier alpha value is -1.26. The number of aromatic nitrogens is 1. The molecule has 1 aliphatic heterocycles. The number of hydrogen-bond donors (Lipinski definition) is 2. The third-order valence-electron chi connectivity index (χ3n) is 3.80. The van der Waals surface area contributed by atoms with E-state index in [1.807, 2.05) is 0 Å². The smallest absolute Gasteiger partial charge is 0.178 e. The SMILES string of the molecule is CC(=O)c1ccc(N(N)CSC(=S)NCCCN2CCOCC2)cn1. The lowest BCUT2D eigenvalue weighted by molar-refractivity contribution is 0.0376. The van der Waals surface area contributed by atoms with Crippen LogP contribution in [-0.4, -0.2) is 65.3 Å². The van der Waals surface area contributed by atoms with Crippen LogP contribution in [-0.2, 0) is 4.74 Å². The summed E-state index contributed by atoms with van der Waals surface area (Å²) in [6.07, 6.45) is 2.64. The molecule has 0 atom stereocenters. The zero-order valence-corrected chi connectivity index (χ0v) is 16.1. The minimum absolute atomic E-state index is 0.0630. The minimum atomic E-state index is -0.0630. The molecule has 0 saturated carbocycles. The summed E-state index contributed by atoms with van der Waals surface area (Å²) in [6, 6.07) is 3.45. The normalized spacial score (nSPS) is 15.0. The summed E-state index contributed by atoms with van der Waals surface area (Å²) in [5, 5.41) is 4.81. The highest BCUT2D eigenvalue weighted by molar-refractivity contribution is 8.23. The molecule has 0 aromatic carbocycles.